The Morgan fingerprint density at radius 2 is 2.31 bits per heavy atom. The highest BCUT2D eigenvalue weighted by Crippen LogP contribution is 2.19. The number of hydrogen-bond acceptors (Lipinski definition) is 2. The lowest BCUT2D eigenvalue weighted by molar-refractivity contribution is 0.570. The zero-order valence-electron chi connectivity index (χ0n) is 6.32. The number of rotatable bonds is 2. The molecule has 1 aromatic carbocycles. The first-order chi connectivity index (χ1) is 6.13. The molecule has 2 N–H and O–H groups in total. The van der Waals surface area contributed by atoms with Gasteiger partial charge in [0.05, 0.1) is 11.3 Å². The third kappa shape index (κ3) is 2.70. The largest absolute Gasteiger partial charge is 0.289 e. The van der Waals surface area contributed by atoms with Crippen LogP contribution in [0.4, 0.5) is 5.69 Å². The predicted octanol–water partition coefficient (Wildman–Crippen LogP) is 1.76. The fourth-order valence-electron chi connectivity index (χ4n) is 0.792. The predicted molar refractivity (Wildman–Crippen MR) is 50.6 cm³/mol. The monoisotopic (exact) mass is 216 g/mol. The Bertz CT molecular complexity index is 389. The summed E-state index contributed by atoms with van der Waals surface area (Å²) in [6.45, 7) is 0. The molecule has 0 bridgehead atoms. The smallest absolute Gasteiger partial charge is 0.259 e. The Balaban J connectivity index is 3.08. The van der Waals surface area contributed by atoms with Gasteiger partial charge in [-0.3, -0.25) is 9.27 Å². The molecule has 6 heteroatoms. The molecular formula is C7H5ClN2O2S. The maximum absolute atomic E-state index is 10.4. The molecular weight excluding hydrogens is 212 g/mol. The second-order valence-electron chi connectivity index (χ2n) is 2.15. The van der Waals surface area contributed by atoms with Crippen molar-refractivity contribution in [2.75, 3.05) is 4.72 Å². The number of halogens is 1. The average Bonchev–Trinajstić information content (AvgIpc) is 2.07. The number of hydrogen-bond donors (Lipinski definition) is 2. The van der Waals surface area contributed by atoms with Gasteiger partial charge in [-0.15, -0.1) is 0 Å². The van der Waals surface area contributed by atoms with E-state index in [0.717, 1.165) is 0 Å². The Kier molecular flexibility index (Phi) is 3.25. The van der Waals surface area contributed by atoms with E-state index in [1.807, 2.05) is 6.07 Å². The van der Waals surface area contributed by atoms with Gasteiger partial charge in [0, 0.05) is 5.02 Å². The van der Waals surface area contributed by atoms with E-state index in [4.69, 9.17) is 21.4 Å². The van der Waals surface area contributed by atoms with Gasteiger partial charge in [-0.25, -0.2) is 4.21 Å². The maximum Gasteiger partial charge on any atom is 0.259 e. The van der Waals surface area contributed by atoms with Gasteiger partial charge in [0.15, 0.2) is 0 Å². The maximum atomic E-state index is 10.4. The number of nitriles is 1. The molecule has 0 saturated heterocycles. The fourth-order valence-corrected chi connectivity index (χ4v) is 1.33. The van der Waals surface area contributed by atoms with Gasteiger partial charge >= 0.3 is 0 Å². The molecule has 0 aliphatic carbocycles. The molecule has 0 fully saturated rings. The normalized spacial score (nSPS) is 11.8. The van der Waals surface area contributed by atoms with E-state index >= 15 is 0 Å². The van der Waals surface area contributed by atoms with Crippen LogP contribution in [0.5, 0.6) is 0 Å². The molecule has 1 rings (SSSR count). The van der Waals surface area contributed by atoms with Crippen molar-refractivity contribution >= 4 is 28.6 Å². The van der Waals surface area contributed by atoms with Crippen LogP contribution < -0.4 is 4.72 Å². The molecule has 13 heavy (non-hydrogen) atoms. The van der Waals surface area contributed by atoms with Gasteiger partial charge in [0.25, 0.3) is 11.3 Å². The van der Waals surface area contributed by atoms with E-state index in [0.29, 0.717) is 5.02 Å². The summed E-state index contributed by atoms with van der Waals surface area (Å²) in [6.07, 6.45) is 0. The van der Waals surface area contributed by atoms with Crippen LogP contribution in [0, 0.1) is 11.3 Å². The summed E-state index contributed by atoms with van der Waals surface area (Å²) in [5.41, 5.74) is 0.516. The van der Waals surface area contributed by atoms with Crippen LogP contribution in [-0.4, -0.2) is 8.76 Å². The van der Waals surface area contributed by atoms with Crippen LogP contribution in [0.3, 0.4) is 0 Å². The Morgan fingerprint density at radius 3 is 2.85 bits per heavy atom. The Hall–Kier alpha value is -1.09. The second kappa shape index (κ2) is 4.23. The molecule has 1 atom stereocenters. The van der Waals surface area contributed by atoms with Gasteiger partial charge in [-0.2, -0.15) is 5.26 Å². The van der Waals surface area contributed by atoms with Crippen LogP contribution in [0.2, 0.25) is 5.02 Å². The van der Waals surface area contributed by atoms with Gasteiger partial charge in [-0.05, 0) is 18.2 Å². The number of benzene rings is 1. The minimum absolute atomic E-state index is 0.231. The van der Waals surface area contributed by atoms with E-state index in [1.165, 1.54) is 18.2 Å². The summed E-state index contributed by atoms with van der Waals surface area (Å²) in [5.74, 6) is 0. The summed E-state index contributed by atoms with van der Waals surface area (Å²) < 4.78 is 21.1. The molecule has 0 aliphatic heterocycles. The summed E-state index contributed by atoms with van der Waals surface area (Å²) in [6, 6.07) is 6.26. The molecule has 0 spiro atoms. The van der Waals surface area contributed by atoms with Crippen LogP contribution in [0.25, 0.3) is 0 Å². The summed E-state index contributed by atoms with van der Waals surface area (Å²) in [7, 11) is 0. The lowest BCUT2D eigenvalue weighted by atomic mass is 10.2. The highest BCUT2D eigenvalue weighted by Gasteiger charge is 2.03. The van der Waals surface area contributed by atoms with E-state index < -0.39 is 11.3 Å². The molecule has 0 radical (unpaired) electrons. The highest BCUT2D eigenvalue weighted by atomic mass is 35.5. The molecule has 0 heterocycles. The second-order valence-corrected chi connectivity index (χ2v) is 3.29. The van der Waals surface area contributed by atoms with Gasteiger partial charge < -0.3 is 0 Å². The van der Waals surface area contributed by atoms with Crippen molar-refractivity contribution in [1.82, 2.24) is 0 Å². The molecule has 68 valence electrons. The number of nitrogens with one attached hydrogen (secondary N) is 1. The first kappa shape index (κ1) is 9.99. The average molecular weight is 217 g/mol. The van der Waals surface area contributed by atoms with Crippen molar-refractivity contribution in [3.63, 3.8) is 0 Å². The van der Waals surface area contributed by atoms with Gasteiger partial charge in [0.2, 0.25) is 0 Å². The van der Waals surface area contributed by atoms with Crippen molar-refractivity contribution in [2.45, 2.75) is 0 Å². The van der Waals surface area contributed by atoms with Crippen molar-refractivity contribution < 1.29 is 8.76 Å². The molecule has 4 nitrogen and oxygen atoms in total. The zero-order chi connectivity index (χ0) is 9.84. The third-order valence-electron chi connectivity index (χ3n) is 1.30. The minimum Gasteiger partial charge on any atom is -0.289 e. The summed E-state index contributed by atoms with van der Waals surface area (Å²) in [4.78, 5) is 0. The minimum atomic E-state index is -2.18. The fraction of sp³-hybridized carbons (Fsp3) is 0. The molecule has 0 aliphatic rings. The molecule has 1 aromatic rings. The van der Waals surface area contributed by atoms with Crippen molar-refractivity contribution in [3.8, 4) is 6.07 Å². The van der Waals surface area contributed by atoms with Crippen molar-refractivity contribution in [2.24, 2.45) is 0 Å². The van der Waals surface area contributed by atoms with Crippen molar-refractivity contribution in [3.05, 3.63) is 28.8 Å². The number of nitrogens with zero attached hydrogens (tertiary/aromatic N) is 1. The van der Waals surface area contributed by atoms with Crippen LogP contribution in [0.15, 0.2) is 18.2 Å². The lowest BCUT2D eigenvalue weighted by Gasteiger charge is -2.02. The molecule has 0 saturated carbocycles. The Labute approximate surface area is 82.6 Å². The summed E-state index contributed by atoms with van der Waals surface area (Å²) in [5, 5.41) is 9.03. The molecule has 1 unspecified atom stereocenters. The lowest BCUT2D eigenvalue weighted by Crippen LogP contribution is -2.03. The zero-order valence-corrected chi connectivity index (χ0v) is 7.89. The molecule has 0 amide bonds. The SMILES string of the molecule is N#Cc1cc(Cl)ccc1NS(=O)O. The van der Waals surface area contributed by atoms with Gasteiger partial charge in [-0.1, -0.05) is 11.6 Å². The topological polar surface area (TPSA) is 73.1 Å². The van der Waals surface area contributed by atoms with Crippen LogP contribution in [-0.2, 0) is 11.3 Å². The van der Waals surface area contributed by atoms with Crippen LogP contribution >= 0.6 is 11.6 Å². The van der Waals surface area contributed by atoms with Crippen molar-refractivity contribution in [1.29, 1.82) is 5.26 Å². The van der Waals surface area contributed by atoms with E-state index in [1.54, 1.807) is 0 Å². The van der Waals surface area contributed by atoms with E-state index in [2.05, 4.69) is 4.72 Å². The van der Waals surface area contributed by atoms with Crippen LogP contribution in [0.1, 0.15) is 5.56 Å². The Morgan fingerprint density at radius 1 is 1.62 bits per heavy atom. The quantitative estimate of drug-likeness (QED) is 0.740. The molecule has 0 aromatic heterocycles. The first-order valence-electron chi connectivity index (χ1n) is 3.20. The van der Waals surface area contributed by atoms with E-state index in [-0.39, 0.29) is 11.3 Å². The standard InChI is InChI=1S/C7H5ClN2O2S/c8-6-1-2-7(10-13(11)12)5(3-6)4-9/h1-3,10H,(H,11,12). The first-order valence-corrected chi connectivity index (χ1v) is 4.69. The third-order valence-corrected chi connectivity index (χ3v) is 1.93. The highest BCUT2D eigenvalue weighted by molar-refractivity contribution is 7.80. The van der Waals surface area contributed by atoms with Gasteiger partial charge in [0.1, 0.15) is 6.07 Å². The summed E-state index contributed by atoms with van der Waals surface area (Å²) >= 11 is 3.44. The van der Waals surface area contributed by atoms with E-state index in [9.17, 15) is 4.21 Å². The number of anilines is 1.